The van der Waals surface area contributed by atoms with Crippen LogP contribution in [0.1, 0.15) is 64.5 Å². The van der Waals surface area contributed by atoms with Crippen molar-refractivity contribution < 1.29 is 32.9 Å². The van der Waals surface area contributed by atoms with Crippen molar-refractivity contribution in [1.29, 1.82) is 0 Å². The molecule has 0 aliphatic heterocycles. The van der Waals surface area contributed by atoms with Gasteiger partial charge in [0.25, 0.3) is 0 Å². The second-order valence-corrected chi connectivity index (χ2v) is 11.2. The molecule has 0 aliphatic rings. The van der Waals surface area contributed by atoms with Gasteiger partial charge >= 0.3 is 0 Å². The van der Waals surface area contributed by atoms with Gasteiger partial charge in [0, 0.05) is 38.7 Å². The summed E-state index contributed by atoms with van der Waals surface area (Å²) in [5.74, 6) is 0.140. The Morgan fingerprint density at radius 3 is 2.20 bits per heavy atom. The molecule has 2 aromatic rings. The Kier molecular flexibility index (Phi) is 14.4. The Hall–Kier alpha value is -2.71. The molecule has 0 aliphatic carbocycles. The molecule has 0 bridgehead atoms. The highest BCUT2D eigenvalue weighted by Gasteiger charge is 2.26. The number of halogens is 2. The highest BCUT2D eigenvalue weighted by Crippen LogP contribution is 2.32. The van der Waals surface area contributed by atoms with E-state index >= 15 is 0 Å². The maximum absolute atomic E-state index is 13.5. The van der Waals surface area contributed by atoms with Gasteiger partial charge in [0.05, 0.1) is 19.8 Å². The molecule has 2 N–H and O–H groups in total. The van der Waals surface area contributed by atoms with E-state index in [1.165, 1.54) is 12.1 Å². The highest BCUT2D eigenvalue weighted by atomic mass is 19.1. The van der Waals surface area contributed by atoms with E-state index in [9.17, 15) is 18.7 Å². The van der Waals surface area contributed by atoms with Crippen LogP contribution in [0.2, 0.25) is 0 Å². The second kappa shape index (κ2) is 17.2. The number of amides is 1. The SMILES string of the molecule is COCCCOc1cc(CC(CC[C@@H](O)CC(C(=O)NCc2cc(F)cc(F)c2)C(C)C)C(C)C)ccc1OC. The lowest BCUT2D eigenvalue weighted by molar-refractivity contribution is -0.127. The fourth-order valence-corrected chi connectivity index (χ4v) is 4.85. The number of carbonyl (C=O) groups excluding carboxylic acids is 1. The third-order valence-corrected chi connectivity index (χ3v) is 7.35. The van der Waals surface area contributed by atoms with Crippen LogP contribution >= 0.6 is 0 Å². The molecule has 0 fully saturated rings. The Bertz CT molecular complexity index is 1030. The molecule has 3 atom stereocenters. The molecule has 2 aromatic carbocycles. The van der Waals surface area contributed by atoms with Crippen LogP contribution in [0.25, 0.3) is 0 Å². The molecule has 40 heavy (non-hydrogen) atoms. The molecule has 1 amide bonds. The van der Waals surface area contributed by atoms with Crippen LogP contribution in [0.4, 0.5) is 8.78 Å². The summed E-state index contributed by atoms with van der Waals surface area (Å²) in [5, 5.41) is 13.7. The van der Waals surface area contributed by atoms with Crippen molar-refractivity contribution in [3.05, 3.63) is 59.2 Å². The summed E-state index contributed by atoms with van der Waals surface area (Å²) in [6.45, 7) is 9.44. The monoisotopic (exact) mass is 563 g/mol. The summed E-state index contributed by atoms with van der Waals surface area (Å²) in [5.41, 5.74) is 1.50. The number of rotatable bonds is 18. The van der Waals surface area contributed by atoms with E-state index in [1.54, 1.807) is 14.2 Å². The van der Waals surface area contributed by atoms with Crippen LogP contribution in [0.15, 0.2) is 36.4 Å². The molecular weight excluding hydrogens is 516 g/mol. The van der Waals surface area contributed by atoms with Crippen LogP contribution in [-0.2, 0) is 22.5 Å². The van der Waals surface area contributed by atoms with Gasteiger partial charge in [-0.05, 0) is 78.8 Å². The van der Waals surface area contributed by atoms with Crippen molar-refractivity contribution >= 4 is 5.91 Å². The Balaban J connectivity index is 1.95. The Labute approximate surface area is 238 Å². The van der Waals surface area contributed by atoms with Crippen molar-refractivity contribution in [1.82, 2.24) is 5.32 Å². The first kappa shape index (κ1) is 33.5. The first-order valence-electron chi connectivity index (χ1n) is 14.2. The average Bonchev–Trinajstić information content (AvgIpc) is 2.90. The number of ether oxygens (including phenoxy) is 3. The van der Waals surface area contributed by atoms with Gasteiger partial charge in [-0.15, -0.1) is 0 Å². The van der Waals surface area contributed by atoms with Gasteiger partial charge in [0.2, 0.25) is 5.91 Å². The van der Waals surface area contributed by atoms with E-state index in [1.807, 2.05) is 26.0 Å². The van der Waals surface area contributed by atoms with Crippen LogP contribution in [-0.4, -0.2) is 44.6 Å². The summed E-state index contributed by atoms with van der Waals surface area (Å²) in [4.78, 5) is 12.9. The molecule has 2 unspecified atom stereocenters. The smallest absolute Gasteiger partial charge is 0.223 e. The fourth-order valence-electron chi connectivity index (χ4n) is 4.85. The first-order valence-corrected chi connectivity index (χ1v) is 14.2. The molecule has 8 heteroatoms. The quantitative estimate of drug-likeness (QED) is 0.208. The van der Waals surface area contributed by atoms with E-state index in [4.69, 9.17) is 14.2 Å². The molecule has 224 valence electrons. The van der Waals surface area contributed by atoms with E-state index in [0.717, 1.165) is 30.9 Å². The minimum absolute atomic E-state index is 0.00130. The number of methoxy groups -OCH3 is 2. The number of carbonyl (C=O) groups is 1. The van der Waals surface area contributed by atoms with Gasteiger partial charge in [-0.3, -0.25) is 4.79 Å². The third kappa shape index (κ3) is 11.4. The minimum atomic E-state index is -0.680. The molecule has 2 rings (SSSR count). The van der Waals surface area contributed by atoms with E-state index in [-0.39, 0.29) is 18.4 Å². The van der Waals surface area contributed by atoms with Crippen molar-refractivity contribution in [2.75, 3.05) is 27.4 Å². The summed E-state index contributed by atoms with van der Waals surface area (Å²) < 4.78 is 43.5. The van der Waals surface area contributed by atoms with Crippen molar-refractivity contribution in [2.45, 2.75) is 72.4 Å². The highest BCUT2D eigenvalue weighted by molar-refractivity contribution is 5.78. The zero-order valence-electron chi connectivity index (χ0n) is 24.8. The normalized spacial score (nSPS) is 13.8. The maximum Gasteiger partial charge on any atom is 0.223 e. The topological polar surface area (TPSA) is 77.0 Å². The van der Waals surface area contributed by atoms with Gasteiger partial charge in [-0.2, -0.15) is 0 Å². The molecule has 0 heterocycles. The van der Waals surface area contributed by atoms with Crippen molar-refractivity contribution in [2.24, 2.45) is 23.7 Å². The van der Waals surface area contributed by atoms with Crippen LogP contribution < -0.4 is 14.8 Å². The van der Waals surface area contributed by atoms with Crippen LogP contribution in [0.3, 0.4) is 0 Å². The average molecular weight is 564 g/mol. The first-order chi connectivity index (χ1) is 19.0. The molecule has 6 nitrogen and oxygen atoms in total. The molecule has 0 aromatic heterocycles. The minimum Gasteiger partial charge on any atom is -0.493 e. The predicted octanol–water partition coefficient (Wildman–Crippen LogP) is 6.32. The van der Waals surface area contributed by atoms with E-state index in [0.29, 0.717) is 55.0 Å². The number of aliphatic hydroxyl groups excluding tert-OH is 1. The van der Waals surface area contributed by atoms with Crippen LogP contribution in [0, 0.1) is 35.3 Å². The molecular formula is C32H47F2NO5. The van der Waals surface area contributed by atoms with Gasteiger partial charge in [0.15, 0.2) is 11.5 Å². The Morgan fingerprint density at radius 1 is 0.900 bits per heavy atom. The lowest BCUT2D eigenvalue weighted by Crippen LogP contribution is -2.35. The zero-order chi connectivity index (χ0) is 29.7. The number of nitrogens with one attached hydrogen (secondary N) is 1. The molecule has 0 saturated carbocycles. The standard InChI is InChI=1S/C32H47F2NO5/c1-21(2)25(14-23-8-11-30(39-6)31(17-23)40-13-7-12-38-5)9-10-28(36)19-29(22(3)4)32(37)35-20-24-15-26(33)18-27(34)16-24/h8,11,15-18,21-22,25,28-29,36H,7,9-10,12-14,19-20H2,1-6H3,(H,35,37)/t25?,28-,29?/m1/s1. The van der Waals surface area contributed by atoms with Gasteiger partial charge in [-0.1, -0.05) is 33.8 Å². The largest absolute Gasteiger partial charge is 0.493 e. The zero-order valence-corrected chi connectivity index (χ0v) is 24.8. The van der Waals surface area contributed by atoms with Crippen molar-refractivity contribution in [3.63, 3.8) is 0 Å². The molecule has 0 radical (unpaired) electrons. The predicted molar refractivity (Wildman–Crippen MR) is 153 cm³/mol. The number of hydrogen-bond acceptors (Lipinski definition) is 5. The van der Waals surface area contributed by atoms with E-state index < -0.39 is 23.7 Å². The fraction of sp³-hybridized carbons (Fsp3) is 0.594. The summed E-state index contributed by atoms with van der Waals surface area (Å²) in [6.07, 6.45) is 2.69. The maximum atomic E-state index is 13.5. The van der Waals surface area contributed by atoms with Gasteiger partial charge < -0.3 is 24.6 Å². The summed E-state index contributed by atoms with van der Waals surface area (Å²) >= 11 is 0. The third-order valence-electron chi connectivity index (χ3n) is 7.35. The molecule has 0 spiro atoms. The lowest BCUT2D eigenvalue weighted by atomic mass is 9.82. The summed E-state index contributed by atoms with van der Waals surface area (Å²) in [7, 11) is 3.29. The van der Waals surface area contributed by atoms with E-state index in [2.05, 4.69) is 25.2 Å². The second-order valence-electron chi connectivity index (χ2n) is 11.2. The van der Waals surface area contributed by atoms with Gasteiger partial charge in [-0.25, -0.2) is 8.78 Å². The lowest BCUT2D eigenvalue weighted by Gasteiger charge is -2.26. The number of hydrogen-bond donors (Lipinski definition) is 2. The summed E-state index contributed by atoms with van der Waals surface area (Å²) in [6, 6.07) is 9.21. The number of benzene rings is 2. The Morgan fingerprint density at radius 2 is 1.60 bits per heavy atom. The number of aliphatic hydroxyl groups is 1. The van der Waals surface area contributed by atoms with Crippen molar-refractivity contribution in [3.8, 4) is 11.5 Å². The molecule has 0 saturated heterocycles. The van der Waals surface area contributed by atoms with Crippen LogP contribution in [0.5, 0.6) is 11.5 Å². The van der Waals surface area contributed by atoms with Gasteiger partial charge in [0.1, 0.15) is 11.6 Å².